The van der Waals surface area contributed by atoms with Crippen LogP contribution in [0.1, 0.15) is 78.6 Å². The first-order valence-corrected chi connectivity index (χ1v) is 18.8. The van der Waals surface area contributed by atoms with Gasteiger partial charge in [0.25, 0.3) is 5.91 Å². The number of aromatic hydroxyl groups is 1. The minimum absolute atomic E-state index is 0.0296. The Morgan fingerprint density at radius 2 is 1.88 bits per heavy atom. The molecule has 0 spiro atoms. The number of nitrogens with one attached hydrogen (secondary N) is 3. The van der Waals surface area contributed by atoms with Gasteiger partial charge in [0, 0.05) is 23.9 Å². The molecule has 5 atom stereocenters. The van der Waals surface area contributed by atoms with Crippen molar-refractivity contribution in [2.24, 2.45) is 5.92 Å². The lowest BCUT2D eigenvalue weighted by Gasteiger charge is -2.30. The fraction of sp³-hybridized carbons (Fsp3) is 0.571. The predicted molar refractivity (Wildman–Crippen MR) is 182 cm³/mol. The first kappa shape index (κ1) is 35.4. The summed E-state index contributed by atoms with van der Waals surface area (Å²) in [6, 6.07) is 4.34. The largest absolute Gasteiger partial charge is 0.508 e. The highest BCUT2D eigenvalue weighted by Crippen LogP contribution is 2.46. The maximum absolute atomic E-state index is 14.3. The van der Waals surface area contributed by atoms with Gasteiger partial charge >= 0.3 is 6.09 Å². The van der Waals surface area contributed by atoms with Crippen LogP contribution in [0.3, 0.4) is 0 Å². The third kappa shape index (κ3) is 7.98. The Morgan fingerprint density at radius 3 is 2.62 bits per heavy atom. The zero-order valence-corrected chi connectivity index (χ0v) is 29.3. The molecule has 4 amide bonds. The molecule has 0 bridgehead atoms. The zero-order chi connectivity index (χ0) is 35.8. The van der Waals surface area contributed by atoms with E-state index in [0.717, 1.165) is 12.8 Å². The molecule has 0 radical (unpaired) electrons. The van der Waals surface area contributed by atoms with Gasteiger partial charge in [-0.15, -0.1) is 0 Å². The van der Waals surface area contributed by atoms with E-state index in [9.17, 15) is 32.7 Å². The molecule has 2 saturated carbocycles. The number of amides is 4. The molecular formula is C35H45N5O9S. The Hall–Kier alpha value is -4.40. The van der Waals surface area contributed by atoms with Crippen LogP contribution in [-0.2, 0) is 29.1 Å². The number of ether oxygens (including phenoxy) is 2. The quantitative estimate of drug-likeness (QED) is 0.324. The smallest absolute Gasteiger partial charge is 0.408 e. The molecule has 15 heteroatoms. The number of hydrogen-bond donors (Lipinski definition) is 4. The summed E-state index contributed by atoms with van der Waals surface area (Å²) in [7, 11) is -3.89. The summed E-state index contributed by atoms with van der Waals surface area (Å²) >= 11 is 0. The van der Waals surface area contributed by atoms with E-state index in [2.05, 4.69) is 20.3 Å². The summed E-state index contributed by atoms with van der Waals surface area (Å²) in [6.07, 6.45) is 8.18. The molecule has 4 N–H and O–H groups in total. The van der Waals surface area contributed by atoms with E-state index >= 15 is 0 Å². The molecule has 1 aromatic heterocycles. The molecule has 6 rings (SSSR count). The van der Waals surface area contributed by atoms with Crippen LogP contribution >= 0.6 is 0 Å². The summed E-state index contributed by atoms with van der Waals surface area (Å²) in [6.45, 7) is 5.13. The van der Waals surface area contributed by atoms with E-state index in [-0.39, 0.29) is 31.0 Å². The number of allylic oxidation sites excluding steroid dienone is 1. The number of phenolic OH excluding ortho intramolecular Hbond substituents is 1. The number of sulfonamides is 1. The number of pyridine rings is 1. The first-order valence-electron chi connectivity index (χ1n) is 17.2. The summed E-state index contributed by atoms with van der Waals surface area (Å²) in [5.41, 5.74) is -2.31. The summed E-state index contributed by atoms with van der Waals surface area (Å²) in [5.74, 6) is -2.05. The van der Waals surface area contributed by atoms with Crippen molar-refractivity contribution in [3.8, 4) is 11.6 Å². The molecule has 2 aromatic rings. The van der Waals surface area contributed by atoms with E-state index in [4.69, 9.17) is 9.47 Å². The van der Waals surface area contributed by atoms with Gasteiger partial charge in [-0.2, -0.15) is 0 Å². The molecule has 3 heterocycles. The van der Waals surface area contributed by atoms with Crippen molar-refractivity contribution >= 4 is 44.6 Å². The molecular weight excluding hydrogens is 666 g/mol. The van der Waals surface area contributed by atoms with Crippen molar-refractivity contribution in [1.82, 2.24) is 25.2 Å². The van der Waals surface area contributed by atoms with E-state index in [1.54, 1.807) is 39.0 Å². The standard InChI is InChI=1S/C35H45N5O9S/c1-34(2,3)49-33(45)37-27-10-8-6-4-5-7-9-22-19-35(22,32(44)39-50(46,47)25-12-13-25)38-29(42)28-18-24(20-40(28)31(27)43)48-30-26-14-11-23(41)17-21(26)15-16-36-30/h7,9,11,14-17,22,24-25,27-28,41H,4-6,8,10,12-13,18-20H2,1-3H3,(H,37,45)(H,38,42)(H,39,44)/b9-7-/t22?,24-,27+,28+,35-/m1/s1. The Kier molecular flexibility index (Phi) is 9.72. The maximum Gasteiger partial charge on any atom is 0.408 e. The fourth-order valence-corrected chi connectivity index (χ4v) is 8.05. The number of nitrogens with zero attached hydrogens (tertiary/aromatic N) is 2. The van der Waals surface area contributed by atoms with E-state index in [1.165, 1.54) is 17.2 Å². The van der Waals surface area contributed by atoms with Gasteiger partial charge in [0.15, 0.2) is 0 Å². The molecule has 1 saturated heterocycles. The van der Waals surface area contributed by atoms with E-state index in [0.29, 0.717) is 42.9 Å². The van der Waals surface area contributed by atoms with Crippen molar-refractivity contribution in [2.75, 3.05) is 6.54 Å². The van der Waals surface area contributed by atoms with Crippen molar-refractivity contribution in [3.63, 3.8) is 0 Å². The number of alkyl carbamates (subject to hydrolysis) is 1. The average molecular weight is 712 g/mol. The average Bonchev–Trinajstić information content (AvgIpc) is 3.95. The van der Waals surface area contributed by atoms with Crippen molar-refractivity contribution in [2.45, 2.75) is 113 Å². The number of carbonyl (C=O) groups is 4. The zero-order valence-electron chi connectivity index (χ0n) is 28.5. The van der Waals surface area contributed by atoms with Crippen LogP contribution in [0.2, 0.25) is 0 Å². The number of benzene rings is 1. The third-order valence-corrected chi connectivity index (χ3v) is 11.3. The lowest BCUT2D eigenvalue weighted by Crippen LogP contribution is -2.58. The SMILES string of the molecule is CC(C)(C)OC(=O)N[C@H]1CCCCC/C=C\C2C[C@@]2(C(=O)NS(=O)(=O)C2CC2)NC(=O)[C@@H]2C[C@@H](Oc3nccc4cc(O)ccc34)CN2C1=O. The molecule has 2 aliphatic carbocycles. The predicted octanol–water partition coefficient (Wildman–Crippen LogP) is 3.19. The van der Waals surface area contributed by atoms with Crippen LogP contribution < -0.4 is 20.1 Å². The molecule has 270 valence electrons. The summed E-state index contributed by atoms with van der Waals surface area (Å²) < 4.78 is 39.5. The van der Waals surface area contributed by atoms with Gasteiger partial charge < -0.3 is 30.1 Å². The number of fused-ring (bicyclic) bond motifs is 3. The Morgan fingerprint density at radius 1 is 1.10 bits per heavy atom. The highest BCUT2D eigenvalue weighted by molar-refractivity contribution is 7.91. The van der Waals surface area contributed by atoms with Gasteiger partial charge in [0.2, 0.25) is 27.7 Å². The number of carbonyl (C=O) groups excluding carboxylic acids is 4. The Labute approximate surface area is 291 Å². The van der Waals surface area contributed by atoms with Crippen molar-refractivity contribution in [1.29, 1.82) is 0 Å². The number of phenols is 1. The number of hydrogen-bond acceptors (Lipinski definition) is 10. The second-order valence-electron chi connectivity index (χ2n) is 14.7. The second kappa shape index (κ2) is 13.7. The molecule has 14 nitrogen and oxygen atoms in total. The molecule has 3 fully saturated rings. The van der Waals surface area contributed by atoms with Gasteiger partial charge in [-0.05, 0) is 88.9 Å². The molecule has 1 unspecified atom stereocenters. The van der Waals surface area contributed by atoms with Gasteiger partial charge in [-0.3, -0.25) is 19.1 Å². The molecule has 2 aliphatic heterocycles. The van der Waals surface area contributed by atoms with E-state index < -0.39 is 74.3 Å². The van der Waals surface area contributed by atoms with Gasteiger partial charge in [0.05, 0.1) is 11.8 Å². The Bertz CT molecular complexity index is 1800. The lowest BCUT2D eigenvalue weighted by molar-refractivity contribution is -0.141. The van der Waals surface area contributed by atoms with Crippen molar-refractivity contribution in [3.05, 3.63) is 42.6 Å². The molecule has 4 aliphatic rings. The lowest BCUT2D eigenvalue weighted by atomic mass is 10.0. The second-order valence-corrected chi connectivity index (χ2v) is 16.7. The van der Waals surface area contributed by atoms with Crippen molar-refractivity contribution < 1.29 is 42.2 Å². The number of rotatable bonds is 6. The normalized spacial score (nSPS) is 28.3. The monoisotopic (exact) mass is 711 g/mol. The van der Waals surface area contributed by atoms with Crippen LogP contribution in [0, 0.1) is 5.92 Å². The highest BCUT2D eigenvalue weighted by Gasteiger charge is 2.62. The van der Waals surface area contributed by atoms with Crippen LogP contribution in [0.4, 0.5) is 4.79 Å². The third-order valence-electron chi connectivity index (χ3n) is 9.52. The van der Waals surface area contributed by atoms with Gasteiger partial charge in [-0.1, -0.05) is 25.0 Å². The number of aromatic nitrogens is 1. The van der Waals surface area contributed by atoms with Crippen LogP contribution in [0.25, 0.3) is 10.8 Å². The topological polar surface area (TPSA) is 193 Å². The van der Waals surface area contributed by atoms with Crippen LogP contribution in [-0.4, -0.2) is 88.3 Å². The van der Waals surface area contributed by atoms with Gasteiger partial charge in [0.1, 0.15) is 35.1 Å². The molecule has 50 heavy (non-hydrogen) atoms. The Balaban J connectivity index is 1.30. The summed E-state index contributed by atoms with van der Waals surface area (Å²) in [5, 5.41) is 16.2. The maximum atomic E-state index is 14.3. The first-order chi connectivity index (χ1) is 23.6. The fourth-order valence-electron chi connectivity index (χ4n) is 6.69. The summed E-state index contributed by atoms with van der Waals surface area (Å²) in [4.78, 5) is 60.8. The van der Waals surface area contributed by atoms with Crippen LogP contribution in [0.5, 0.6) is 11.6 Å². The molecule has 1 aromatic carbocycles. The van der Waals surface area contributed by atoms with E-state index in [1.807, 2.05) is 12.2 Å². The minimum atomic E-state index is -3.89. The minimum Gasteiger partial charge on any atom is -0.508 e. The van der Waals surface area contributed by atoms with Crippen LogP contribution in [0.15, 0.2) is 42.6 Å². The highest BCUT2D eigenvalue weighted by atomic mass is 32.2. The van der Waals surface area contributed by atoms with Gasteiger partial charge in [-0.25, -0.2) is 18.2 Å².